The predicted molar refractivity (Wildman–Crippen MR) is 113 cm³/mol. The molecule has 4 rings (SSSR count). The molecule has 1 aliphatic heterocycles. The number of anilines is 4. The fourth-order valence-electron chi connectivity index (χ4n) is 3.37. The molecule has 2 aromatic carbocycles. The first-order valence-corrected chi connectivity index (χ1v) is 9.46. The van der Waals surface area contributed by atoms with Gasteiger partial charge in [-0.2, -0.15) is 0 Å². The van der Waals surface area contributed by atoms with Gasteiger partial charge in [-0.05, 0) is 60.5 Å². The molecular weight excluding hydrogens is 371 g/mol. The number of pyridine rings is 1. The van der Waals surface area contributed by atoms with E-state index in [0.29, 0.717) is 36.0 Å². The Bertz CT molecular complexity index is 1040. The van der Waals surface area contributed by atoms with Crippen LogP contribution in [0.5, 0.6) is 5.75 Å². The first-order chi connectivity index (χ1) is 14.0. The van der Waals surface area contributed by atoms with E-state index in [1.807, 2.05) is 19.1 Å². The number of morpholine rings is 1. The Balaban J connectivity index is 1.68. The predicted octanol–water partition coefficient (Wildman–Crippen LogP) is 4.06. The average molecular weight is 394 g/mol. The van der Waals surface area contributed by atoms with Crippen molar-refractivity contribution in [1.29, 1.82) is 0 Å². The zero-order valence-electron chi connectivity index (χ0n) is 16.2. The highest BCUT2D eigenvalue weighted by Gasteiger charge is 2.16. The van der Waals surface area contributed by atoms with E-state index < -0.39 is 0 Å². The first kappa shape index (κ1) is 19.0. The van der Waals surface area contributed by atoms with Crippen LogP contribution in [-0.4, -0.2) is 36.4 Å². The number of aryl methyl sites for hydroxylation is 1. The Kier molecular flexibility index (Phi) is 5.22. The van der Waals surface area contributed by atoms with Crippen molar-refractivity contribution < 1.29 is 14.2 Å². The molecule has 0 aliphatic carbocycles. The molecule has 1 saturated heterocycles. The number of aromatic hydroxyl groups is 1. The number of ether oxygens (including phenoxy) is 1. The van der Waals surface area contributed by atoms with Crippen molar-refractivity contribution in [2.75, 3.05) is 42.3 Å². The molecule has 7 heteroatoms. The molecule has 3 aromatic rings. The molecule has 0 radical (unpaired) electrons. The summed E-state index contributed by atoms with van der Waals surface area (Å²) in [7, 11) is 0. The number of nitrogens with one attached hydrogen (secondary N) is 1. The molecule has 1 fully saturated rings. The molecule has 0 unspecified atom stereocenters. The zero-order chi connectivity index (χ0) is 20.4. The molecular formula is C22H23FN4O2. The molecule has 6 nitrogen and oxygen atoms in total. The third kappa shape index (κ3) is 4.25. The fraction of sp³-hybridized carbons (Fsp3) is 0.227. The van der Waals surface area contributed by atoms with E-state index in [2.05, 4.69) is 15.2 Å². The lowest BCUT2D eigenvalue weighted by molar-refractivity contribution is 0.122. The number of benzene rings is 2. The molecule has 0 amide bonds. The van der Waals surface area contributed by atoms with Crippen LogP contribution in [0.1, 0.15) is 5.56 Å². The van der Waals surface area contributed by atoms with Crippen molar-refractivity contribution in [3.05, 3.63) is 59.9 Å². The minimum atomic E-state index is -0.331. The summed E-state index contributed by atoms with van der Waals surface area (Å²) in [6, 6.07) is 13.7. The normalized spacial score (nSPS) is 14.1. The number of rotatable bonds is 4. The molecule has 0 bridgehead atoms. The van der Waals surface area contributed by atoms with Crippen LogP contribution < -0.4 is 16.0 Å². The van der Waals surface area contributed by atoms with Crippen molar-refractivity contribution in [1.82, 2.24) is 4.98 Å². The average Bonchev–Trinajstić information content (AvgIpc) is 2.71. The number of nitrogen functional groups attached to an aromatic ring is 1. The third-order valence-electron chi connectivity index (χ3n) is 4.88. The van der Waals surface area contributed by atoms with Gasteiger partial charge >= 0.3 is 0 Å². The van der Waals surface area contributed by atoms with Gasteiger partial charge in [0.15, 0.2) is 0 Å². The number of hydrogen-bond donors (Lipinski definition) is 3. The van der Waals surface area contributed by atoms with Crippen molar-refractivity contribution in [2.24, 2.45) is 0 Å². The van der Waals surface area contributed by atoms with Gasteiger partial charge < -0.3 is 25.8 Å². The maximum atomic E-state index is 14.2. The van der Waals surface area contributed by atoms with Crippen LogP contribution in [-0.2, 0) is 4.74 Å². The molecule has 29 heavy (non-hydrogen) atoms. The molecule has 2 heterocycles. The van der Waals surface area contributed by atoms with Crippen LogP contribution in [0.2, 0.25) is 0 Å². The van der Waals surface area contributed by atoms with Crippen molar-refractivity contribution in [2.45, 2.75) is 6.92 Å². The van der Waals surface area contributed by atoms with E-state index in [4.69, 9.17) is 10.5 Å². The number of hydrogen-bond acceptors (Lipinski definition) is 6. The van der Waals surface area contributed by atoms with Crippen molar-refractivity contribution >= 4 is 23.0 Å². The van der Waals surface area contributed by atoms with Gasteiger partial charge in [0, 0.05) is 24.3 Å². The van der Waals surface area contributed by atoms with Crippen LogP contribution in [0.3, 0.4) is 0 Å². The molecule has 150 valence electrons. The maximum Gasteiger partial charge on any atom is 0.146 e. The molecule has 0 atom stereocenters. The quantitative estimate of drug-likeness (QED) is 0.579. The second kappa shape index (κ2) is 7.97. The summed E-state index contributed by atoms with van der Waals surface area (Å²) in [5.41, 5.74) is 9.24. The van der Waals surface area contributed by atoms with E-state index in [-0.39, 0.29) is 11.6 Å². The fourth-order valence-corrected chi connectivity index (χ4v) is 3.37. The van der Waals surface area contributed by atoms with Gasteiger partial charge in [-0.1, -0.05) is 6.07 Å². The molecule has 1 aromatic heterocycles. The van der Waals surface area contributed by atoms with Crippen molar-refractivity contribution in [3.63, 3.8) is 0 Å². The lowest BCUT2D eigenvalue weighted by Gasteiger charge is -2.28. The Hall–Kier alpha value is -3.32. The summed E-state index contributed by atoms with van der Waals surface area (Å²) >= 11 is 0. The molecule has 0 saturated carbocycles. The van der Waals surface area contributed by atoms with Crippen LogP contribution in [0, 0.1) is 12.7 Å². The summed E-state index contributed by atoms with van der Waals surface area (Å²) in [6.07, 6.45) is 0. The standard InChI is InChI=1S/C22H23FN4O2/c1-14-2-4-19(18(23)10-14)25-16-3-5-20(28)17(13-16)15-11-21(24)26-22(12-15)27-6-8-29-9-7-27/h2-5,10-13,25,28H,6-9H2,1H3,(H2,24,26). The third-order valence-corrected chi connectivity index (χ3v) is 4.88. The summed E-state index contributed by atoms with van der Waals surface area (Å²) in [5, 5.41) is 13.5. The molecule has 0 spiro atoms. The maximum absolute atomic E-state index is 14.2. The van der Waals surface area contributed by atoms with E-state index in [1.165, 1.54) is 6.07 Å². The minimum Gasteiger partial charge on any atom is -0.507 e. The van der Waals surface area contributed by atoms with Crippen LogP contribution in [0.15, 0.2) is 48.5 Å². The first-order valence-electron chi connectivity index (χ1n) is 9.46. The van der Waals surface area contributed by atoms with Crippen LogP contribution >= 0.6 is 0 Å². The summed E-state index contributed by atoms with van der Waals surface area (Å²) < 4.78 is 19.6. The Labute approximate surface area is 168 Å². The Morgan fingerprint density at radius 3 is 2.66 bits per heavy atom. The van der Waals surface area contributed by atoms with Crippen molar-refractivity contribution in [3.8, 4) is 16.9 Å². The second-order valence-electron chi connectivity index (χ2n) is 7.08. The number of phenols is 1. The molecule has 4 N–H and O–H groups in total. The highest BCUT2D eigenvalue weighted by molar-refractivity contribution is 5.79. The number of nitrogens with two attached hydrogens (primary N) is 1. The van der Waals surface area contributed by atoms with E-state index in [9.17, 15) is 9.50 Å². The van der Waals surface area contributed by atoms with Crippen LogP contribution in [0.4, 0.5) is 27.4 Å². The Morgan fingerprint density at radius 1 is 1.10 bits per heavy atom. The number of phenolic OH excluding ortho intramolecular Hbond substituents is 1. The van der Waals surface area contributed by atoms with Gasteiger partial charge in [0.1, 0.15) is 23.2 Å². The second-order valence-corrected chi connectivity index (χ2v) is 7.08. The van der Waals surface area contributed by atoms with E-state index in [0.717, 1.165) is 30.0 Å². The number of nitrogens with zero attached hydrogens (tertiary/aromatic N) is 2. The van der Waals surface area contributed by atoms with Gasteiger partial charge in [-0.3, -0.25) is 0 Å². The van der Waals surface area contributed by atoms with Gasteiger partial charge in [0.25, 0.3) is 0 Å². The monoisotopic (exact) mass is 394 g/mol. The van der Waals surface area contributed by atoms with Gasteiger partial charge in [0.05, 0.1) is 18.9 Å². The lowest BCUT2D eigenvalue weighted by atomic mass is 10.0. The largest absolute Gasteiger partial charge is 0.507 e. The number of halogens is 1. The summed E-state index contributed by atoms with van der Waals surface area (Å²) in [5.74, 6) is 0.887. The highest BCUT2D eigenvalue weighted by atomic mass is 19.1. The van der Waals surface area contributed by atoms with Gasteiger partial charge in [-0.25, -0.2) is 9.37 Å². The lowest BCUT2D eigenvalue weighted by Crippen LogP contribution is -2.36. The smallest absolute Gasteiger partial charge is 0.146 e. The van der Waals surface area contributed by atoms with E-state index >= 15 is 0 Å². The SMILES string of the molecule is Cc1ccc(Nc2ccc(O)c(-c3cc(N)nc(N4CCOCC4)c3)c2)c(F)c1. The number of aromatic nitrogens is 1. The van der Waals surface area contributed by atoms with Crippen LogP contribution in [0.25, 0.3) is 11.1 Å². The topological polar surface area (TPSA) is 83.6 Å². The van der Waals surface area contributed by atoms with E-state index in [1.54, 1.807) is 30.3 Å². The summed E-state index contributed by atoms with van der Waals surface area (Å²) in [6.45, 7) is 4.58. The Morgan fingerprint density at radius 2 is 1.90 bits per heavy atom. The van der Waals surface area contributed by atoms with Gasteiger partial charge in [0.2, 0.25) is 0 Å². The summed E-state index contributed by atoms with van der Waals surface area (Å²) in [4.78, 5) is 6.53. The highest BCUT2D eigenvalue weighted by Crippen LogP contribution is 2.35. The zero-order valence-corrected chi connectivity index (χ0v) is 16.2. The van der Waals surface area contributed by atoms with Gasteiger partial charge in [-0.15, -0.1) is 0 Å². The minimum absolute atomic E-state index is 0.110. The molecule has 1 aliphatic rings.